The lowest BCUT2D eigenvalue weighted by atomic mass is 10.1. The van der Waals surface area contributed by atoms with Gasteiger partial charge < -0.3 is 15.4 Å². The number of ether oxygens (including phenoxy) is 1. The van der Waals surface area contributed by atoms with Gasteiger partial charge in [-0.25, -0.2) is 0 Å². The lowest BCUT2D eigenvalue weighted by molar-refractivity contribution is 0.195. The Bertz CT molecular complexity index is 387. The number of guanidine groups is 1. The molecular weight excluding hydrogens is 250 g/mol. The molecule has 0 atom stereocenters. The maximum Gasteiger partial charge on any atom is 0.190 e. The Kier molecular flexibility index (Phi) is 8.47. The van der Waals surface area contributed by atoms with Gasteiger partial charge in [0.05, 0.1) is 0 Å². The third-order valence-corrected chi connectivity index (χ3v) is 3.18. The van der Waals surface area contributed by atoms with Gasteiger partial charge in [0.15, 0.2) is 5.96 Å². The maximum absolute atomic E-state index is 5.01. The molecule has 1 aromatic rings. The molecule has 0 radical (unpaired) electrons. The molecule has 0 fully saturated rings. The van der Waals surface area contributed by atoms with Gasteiger partial charge in [-0.1, -0.05) is 31.2 Å². The minimum absolute atomic E-state index is 0.772. The number of aryl methyl sites for hydroxylation is 1. The van der Waals surface area contributed by atoms with E-state index in [4.69, 9.17) is 4.74 Å². The summed E-state index contributed by atoms with van der Waals surface area (Å²) in [4.78, 5) is 4.20. The zero-order valence-corrected chi connectivity index (χ0v) is 12.9. The van der Waals surface area contributed by atoms with Crippen molar-refractivity contribution < 1.29 is 4.74 Å². The zero-order chi connectivity index (χ0) is 14.6. The largest absolute Gasteiger partial charge is 0.385 e. The third-order valence-electron chi connectivity index (χ3n) is 3.18. The summed E-state index contributed by atoms with van der Waals surface area (Å²) >= 11 is 0. The van der Waals surface area contributed by atoms with Crippen molar-refractivity contribution in [3.05, 3.63) is 35.4 Å². The Morgan fingerprint density at radius 2 is 1.75 bits per heavy atom. The summed E-state index contributed by atoms with van der Waals surface area (Å²) in [6.07, 6.45) is 3.08. The van der Waals surface area contributed by atoms with Gasteiger partial charge in [0.25, 0.3) is 0 Å². The molecule has 112 valence electrons. The molecule has 0 spiro atoms. The normalized spacial score (nSPS) is 11.4. The van der Waals surface area contributed by atoms with Crippen molar-refractivity contribution in [2.45, 2.75) is 26.2 Å². The minimum atomic E-state index is 0.772. The number of nitrogens with one attached hydrogen (secondary N) is 2. The highest BCUT2D eigenvalue weighted by Crippen LogP contribution is 2.05. The molecule has 0 aliphatic carbocycles. The van der Waals surface area contributed by atoms with Crippen molar-refractivity contribution in [1.29, 1.82) is 0 Å². The fourth-order valence-corrected chi connectivity index (χ4v) is 1.91. The second kappa shape index (κ2) is 10.3. The van der Waals surface area contributed by atoms with Gasteiger partial charge >= 0.3 is 0 Å². The molecule has 0 bridgehead atoms. The molecule has 20 heavy (non-hydrogen) atoms. The van der Waals surface area contributed by atoms with E-state index in [-0.39, 0.29) is 0 Å². The summed E-state index contributed by atoms with van der Waals surface area (Å²) in [6.45, 7) is 4.71. The van der Waals surface area contributed by atoms with E-state index in [2.05, 4.69) is 46.8 Å². The van der Waals surface area contributed by atoms with Crippen LogP contribution in [0.15, 0.2) is 29.3 Å². The zero-order valence-electron chi connectivity index (χ0n) is 12.9. The SMILES string of the molecule is CCc1ccc(CCNC(=NC)NCCCOC)cc1. The molecule has 0 saturated heterocycles. The first-order chi connectivity index (χ1) is 9.80. The highest BCUT2D eigenvalue weighted by Gasteiger charge is 1.98. The Hall–Kier alpha value is -1.55. The molecule has 1 rings (SSSR count). The van der Waals surface area contributed by atoms with E-state index in [0.717, 1.165) is 44.9 Å². The fraction of sp³-hybridized carbons (Fsp3) is 0.562. The van der Waals surface area contributed by atoms with Crippen LogP contribution in [0.4, 0.5) is 0 Å². The van der Waals surface area contributed by atoms with E-state index in [1.165, 1.54) is 11.1 Å². The summed E-state index contributed by atoms with van der Waals surface area (Å²) in [5.41, 5.74) is 2.74. The van der Waals surface area contributed by atoms with E-state index in [9.17, 15) is 0 Å². The molecule has 1 aromatic carbocycles. The van der Waals surface area contributed by atoms with Crippen LogP contribution in [0.5, 0.6) is 0 Å². The van der Waals surface area contributed by atoms with Crippen molar-refractivity contribution >= 4 is 5.96 Å². The Morgan fingerprint density at radius 3 is 2.35 bits per heavy atom. The van der Waals surface area contributed by atoms with E-state index in [1.807, 2.05) is 0 Å². The van der Waals surface area contributed by atoms with Crippen LogP contribution in [-0.4, -0.2) is 39.8 Å². The average Bonchev–Trinajstić information content (AvgIpc) is 2.50. The molecule has 0 aliphatic heterocycles. The van der Waals surface area contributed by atoms with Gasteiger partial charge in [-0.15, -0.1) is 0 Å². The van der Waals surface area contributed by atoms with Crippen LogP contribution in [0.2, 0.25) is 0 Å². The molecule has 0 saturated carbocycles. The highest BCUT2D eigenvalue weighted by atomic mass is 16.5. The van der Waals surface area contributed by atoms with Gasteiger partial charge in [-0.3, -0.25) is 4.99 Å². The second-order valence-electron chi connectivity index (χ2n) is 4.69. The standard InChI is InChI=1S/C16H27N3O/c1-4-14-6-8-15(9-7-14)10-12-19-16(17-2)18-11-5-13-20-3/h6-9H,4-5,10-13H2,1-3H3,(H2,17,18,19). The molecule has 0 aliphatic rings. The summed E-state index contributed by atoms with van der Waals surface area (Å²) in [5.74, 6) is 0.853. The third kappa shape index (κ3) is 6.57. The Labute approximate surface area is 122 Å². The lowest BCUT2D eigenvalue weighted by Gasteiger charge is -2.11. The fourth-order valence-electron chi connectivity index (χ4n) is 1.91. The van der Waals surface area contributed by atoms with Gasteiger partial charge in [-0.2, -0.15) is 0 Å². The molecule has 0 unspecified atom stereocenters. The molecule has 4 nitrogen and oxygen atoms in total. The van der Waals surface area contributed by atoms with E-state index in [0.29, 0.717) is 0 Å². The van der Waals surface area contributed by atoms with E-state index in [1.54, 1.807) is 14.2 Å². The van der Waals surface area contributed by atoms with Crippen molar-refractivity contribution in [2.75, 3.05) is 33.9 Å². The predicted octanol–water partition coefficient (Wildman–Crippen LogP) is 1.99. The van der Waals surface area contributed by atoms with Crippen LogP contribution < -0.4 is 10.6 Å². The van der Waals surface area contributed by atoms with Gasteiger partial charge in [0.2, 0.25) is 0 Å². The first-order valence-corrected chi connectivity index (χ1v) is 7.31. The van der Waals surface area contributed by atoms with E-state index < -0.39 is 0 Å². The monoisotopic (exact) mass is 277 g/mol. The number of nitrogens with zero attached hydrogens (tertiary/aromatic N) is 1. The van der Waals surface area contributed by atoms with Gasteiger partial charge in [-0.05, 0) is 30.4 Å². The summed E-state index contributed by atoms with van der Waals surface area (Å²) in [5, 5.41) is 6.59. The lowest BCUT2D eigenvalue weighted by Crippen LogP contribution is -2.39. The van der Waals surface area contributed by atoms with Crippen molar-refractivity contribution in [3.8, 4) is 0 Å². The first-order valence-electron chi connectivity index (χ1n) is 7.31. The molecule has 0 amide bonds. The topological polar surface area (TPSA) is 45.7 Å². The Balaban J connectivity index is 2.23. The molecule has 4 heteroatoms. The molecular formula is C16H27N3O. The number of aliphatic imine (C=N–C) groups is 1. The quantitative estimate of drug-likeness (QED) is 0.434. The van der Waals surface area contributed by atoms with Crippen LogP contribution in [0.3, 0.4) is 0 Å². The Morgan fingerprint density at radius 1 is 1.10 bits per heavy atom. The van der Waals surface area contributed by atoms with Crippen LogP contribution in [0.25, 0.3) is 0 Å². The maximum atomic E-state index is 5.01. The van der Waals surface area contributed by atoms with Crippen LogP contribution in [-0.2, 0) is 17.6 Å². The van der Waals surface area contributed by atoms with Crippen LogP contribution in [0.1, 0.15) is 24.5 Å². The molecule has 0 aromatic heterocycles. The van der Waals surface area contributed by atoms with Crippen molar-refractivity contribution in [1.82, 2.24) is 10.6 Å². The first kappa shape index (κ1) is 16.5. The van der Waals surface area contributed by atoms with Crippen LogP contribution >= 0.6 is 0 Å². The second-order valence-corrected chi connectivity index (χ2v) is 4.69. The van der Waals surface area contributed by atoms with Crippen molar-refractivity contribution in [3.63, 3.8) is 0 Å². The van der Waals surface area contributed by atoms with Gasteiger partial charge in [0, 0.05) is 33.9 Å². The molecule has 0 heterocycles. The van der Waals surface area contributed by atoms with Gasteiger partial charge in [0.1, 0.15) is 0 Å². The smallest absolute Gasteiger partial charge is 0.190 e. The number of hydrogen-bond acceptors (Lipinski definition) is 2. The average molecular weight is 277 g/mol. The number of rotatable bonds is 8. The van der Waals surface area contributed by atoms with E-state index >= 15 is 0 Å². The summed E-state index contributed by atoms with van der Waals surface area (Å²) in [7, 11) is 3.51. The predicted molar refractivity (Wildman–Crippen MR) is 85.4 cm³/mol. The molecule has 2 N–H and O–H groups in total. The highest BCUT2D eigenvalue weighted by molar-refractivity contribution is 5.79. The summed E-state index contributed by atoms with van der Waals surface area (Å²) < 4.78 is 5.01. The summed E-state index contributed by atoms with van der Waals surface area (Å²) in [6, 6.07) is 8.81. The number of methoxy groups -OCH3 is 1. The number of hydrogen-bond donors (Lipinski definition) is 2. The number of benzene rings is 1. The van der Waals surface area contributed by atoms with Crippen LogP contribution in [0, 0.1) is 0 Å². The minimum Gasteiger partial charge on any atom is -0.385 e. The van der Waals surface area contributed by atoms with Crippen molar-refractivity contribution in [2.24, 2.45) is 4.99 Å².